The summed E-state index contributed by atoms with van der Waals surface area (Å²) in [4.78, 5) is 8.76. The second-order valence-corrected chi connectivity index (χ2v) is 4.87. The van der Waals surface area contributed by atoms with Crippen molar-refractivity contribution >= 4 is 17.3 Å². The van der Waals surface area contributed by atoms with Crippen LogP contribution in [0.1, 0.15) is 27.2 Å². The monoisotopic (exact) mass is 263 g/mol. The minimum atomic E-state index is -0.751. The van der Waals surface area contributed by atoms with Crippen LogP contribution in [0.15, 0.2) is 18.6 Å². The minimum absolute atomic E-state index is 0.439. The van der Waals surface area contributed by atoms with Gasteiger partial charge in [0.15, 0.2) is 11.5 Å². The molecular formula is C13H21N5O. The quantitative estimate of drug-likeness (QED) is 0.740. The average Bonchev–Trinajstić information content (AvgIpc) is 2.85. The van der Waals surface area contributed by atoms with E-state index >= 15 is 0 Å². The van der Waals surface area contributed by atoms with Gasteiger partial charge in [-0.1, -0.05) is 6.92 Å². The van der Waals surface area contributed by atoms with Gasteiger partial charge in [-0.15, -0.1) is 0 Å². The molecule has 0 fully saturated rings. The Labute approximate surface area is 112 Å². The van der Waals surface area contributed by atoms with Crippen molar-refractivity contribution in [1.29, 1.82) is 0 Å². The molecule has 0 aliphatic rings. The highest BCUT2D eigenvalue weighted by atomic mass is 16.3. The number of anilines is 2. The highest BCUT2D eigenvalue weighted by Gasteiger charge is 2.18. The number of aliphatic hydroxyl groups is 1. The predicted molar refractivity (Wildman–Crippen MR) is 76.6 cm³/mol. The summed E-state index contributed by atoms with van der Waals surface area (Å²) in [6, 6.07) is 0. The van der Waals surface area contributed by atoms with E-state index < -0.39 is 5.60 Å². The Balaban J connectivity index is 2.27. The van der Waals surface area contributed by atoms with Gasteiger partial charge in [0.05, 0.1) is 11.8 Å². The van der Waals surface area contributed by atoms with Crippen molar-refractivity contribution in [2.24, 2.45) is 0 Å². The standard InChI is InChI=1S/C13H21N5O/c1-4-13(3,19)9-16-11-12-15-6-7-18(12)8-10(17-11)14-5-2/h6-8,14,19H,4-5,9H2,1-3H3,(H,16,17). The molecule has 0 aliphatic carbocycles. The van der Waals surface area contributed by atoms with Crippen molar-refractivity contribution in [3.8, 4) is 0 Å². The third-order valence-corrected chi connectivity index (χ3v) is 3.13. The molecule has 0 radical (unpaired) electrons. The molecule has 0 amide bonds. The van der Waals surface area contributed by atoms with Crippen molar-refractivity contribution in [1.82, 2.24) is 14.4 Å². The number of hydrogen-bond acceptors (Lipinski definition) is 5. The minimum Gasteiger partial charge on any atom is -0.388 e. The van der Waals surface area contributed by atoms with Crippen LogP contribution in [0, 0.1) is 0 Å². The first kappa shape index (κ1) is 13.6. The molecule has 19 heavy (non-hydrogen) atoms. The van der Waals surface area contributed by atoms with Gasteiger partial charge in [-0.25, -0.2) is 9.97 Å². The molecule has 0 bridgehead atoms. The topological polar surface area (TPSA) is 74.5 Å². The van der Waals surface area contributed by atoms with Crippen molar-refractivity contribution in [3.05, 3.63) is 18.6 Å². The fourth-order valence-electron chi connectivity index (χ4n) is 1.72. The van der Waals surface area contributed by atoms with Gasteiger partial charge < -0.3 is 20.1 Å². The van der Waals surface area contributed by atoms with Crippen LogP contribution in [0.25, 0.3) is 5.65 Å². The molecule has 104 valence electrons. The Morgan fingerprint density at radius 2 is 2.16 bits per heavy atom. The maximum atomic E-state index is 10.0. The van der Waals surface area contributed by atoms with Gasteiger partial charge in [0, 0.05) is 25.5 Å². The summed E-state index contributed by atoms with van der Waals surface area (Å²) >= 11 is 0. The van der Waals surface area contributed by atoms with Gasteiger partial charge in [-0.3, -0.25) is 0 Å². The molecule has 1 atom stereocenters. The highest BCUT2D eigenvalue weighted by molar-refractivity contribution is 5.65. The predicted octanol–water partition coefficient (Wildman–Crippen LogP) is 1.73. The number of aromatic nitrogens is 3. The lowest BCUT2D eigenvalue weighted by Crippen LogP contribution is -2.32. The molecule has 0 aromatic carbocycles. The molecule has 0 saturated heterocycles. The zero-order valence-corrected chi connectivity index (χ0v) is 11.6. The third kappa shape index (κ3) is 3.14. The number of rotatable bonds is 6. The Morgan fingerprint density at radius 3 is 2.84 bits per heavy atom. The van der Waals surface area contributed by atoms with Crippen LogP contribution < -0.4 is 10.6 Å². The van der Waals surface area contributed by atoms with Crippen LogP contribution in [-0.2, 0) is 0 Å². The Morgan fingerprint density at radius 1 is 1.37 bits per heavy atom. The Bertz CT molecular complexity index is 549. The van der Waals surface area contributed by atoms with E-state index in [4.69, 9.17) is 0 Å². The summed E-state index contributed by atoms with van der Waals surface area (Å²) < 4.78 is 1.91. The lowest BCUT2D eigenvalue weighted by atomic mass is 10.0. The van der Waals surface area contributed by atoms with Crippen molar-refractivity contribution in [2.45, 2.75) is 32.8 Å². The SMILES string of the molecule is CCNc1cn2ccnc2c(NCC(C)(O)CC)n1. The summed E-state index contributed by atoms with van der Waals surface area (Å²) in [5, 5.41) is 16.4. The smallest absolute Gasteiger partial charge is 0.180 e. The second kappa shape index (κ2) is 5.44. The van der Waals surface area contributed by atoms with Gasteiger partial charge in [0.2, 0.25) is 0 Å². The van der Waals surface area contributed by atoms with Crippen LogP contribution in [0.3, 0.4) is 0 Å². The molecule has 0 spiro atoms. The maximum absolute atomic E-state index is 10.0. The molecule has 1 unspecified atom stereocenters. The van der Waals surface area contributed by atoms with Crippen LogP contribution in [0.2, 0.25) is 0 Å². The van der Waals surface area contributed by atoms with Crippen LogP contribution in [0.4, 0.5) is 11.6 Å². The van der Waals surface area contributed by atoms with E-state index in [0.29, 0.717) is 18.8 Å². The average molecular weight is 263 g/mol. The van der Waals surface area contributed by atoms with Crippen LogP contribution >= 0.6 is 0 Å². The summed E-state index contributed by atoms with van der Waals surface area (Å²) in [7, 11) is 0. The number of nitrogens with one attached hydrogen (secondary N) is 2. The van der Waals surface area contributed by atoms with Gasteiger partial charge in [0.1, 0.15) is 5.82 Å². The van der Waals surface area contributed by atoms with Crippen LogP contribution in [0.5, 0.6) is 0 Å². The van der Waals surface area contributed by atoms with Gasteiger partial charge >= 0.3 is 0 Å². The van der Waals surface area contributed by atoms with Crippen molar-refractivity contribution in [2.75, 3.05) is 23.7 Å². The lowest BCUT2D eigenvalue weighted by Gasteiger charge is -2.22. The highest BCUT2D eigenvalue weighted by Crippen LogP contribution is 2.18. The van der Waals surface area contributed by atoms with E-state index in [2.05, 4.69) is 20.6 Å². The molecule has 0 saturated carbocycles. The second-order valence-electron chi connectivity index (χ2n) is 4.87. The molecule has 3 N–H and O–H groups in total. The van der Waals surface area contributed by atoms with E-state index in [9.17, 15) is 5.11 Å². The van der Waals surface area contributed by atoms with E-state index in [-0.39, 0.29) is 0 Å². The number of nitrogens with zero attached hydrogens (tertiary/aromatic N) is 3. The molecule has 2 aromatic heterocycles. The van der Waals surface area contributed by atoms with E-state index in [1.54, 1.807) is 13.1 Å². The largest absolute Gasteiger partial charge is 0.388 e. The summed E-state index contributed by atoms with van der Waals surface area (Å²) in [5.41, 5.74) is 0.00738. The molecule has 2 rings (SSSR count). The summed E-state index contributed by atoms with van der Waals surface area (Å²) in [6.07, 6.45) is 6.18. The zero-order valence-electron chi connectivity index (χ0n) is 11.6. The zero-order chi connectivity index (χ0) is 13.9. The van der Waals surface area contributed by atoms with Gasteiger partial charge in [0.25, 0.3) is 0 Å². The molecular weight excluding hydrogens is 242 g/mol. The van der Waals surface area contributed by atoms with Gasteiger partial charge in [-0.05, 0) is 20.3 Å². The molecule has 6 nitrogen and oxygen atoms in total. The molecule has 0 aliphatic heterocycles. The first-order valence-corrected chi connectivity index (χ1v) is 6.59. The first-order chi connectivity index (χ1) is 9.05. The first-order valence-electron chi connectivity index (χ1n) is 6.59. The third-order valence-electron chi connectivity index (χ3n) is 3.13. The fourth-order valence-corrected chi connectivity index (χ4v) is 1.72. The summed E-state index contributed by atoms with van der Waals surface area (Å²) in [5.74, 6) is 1.46. The van der Waals surface area contributed by atoms with Crippen molar-refractivity contribution in [3.63, 3.8) is 0 Å². The van der Waals surface area contributed by atoms with E-state index in [0.717, 1.165) is 18.0 Å². The number of fused-ring (bicyclic) bond motifs is 1. The summed E-state index contributed by atoms with van der Waals surface area (Å²) in [6.45, 7) is 7.02. The number of imidazole rings is 1. The Hall–Kier alpha value is -1.82. The van der Waals surface area contributed by atoms with Crippen LogP contribution in [-0.4, -0.2) is 38.2 Å². The van der Waals surface area contributed by atoms with E-state index in [1.165, 1.54) is 0 Å². The lowest BCUT2D eigenvalue weighted by molar-refractivity contribution is 0.0697. The fraction of sp³-hybridized carbons (Fsp3) is 0.538. The molecule has 2 heterocycles. The Kier molecular flexibility index (Phi) is 3.90. The maximum Gasteiger partial charge on any atom is 0.180 e. The molecule has 6 heteroatoms. The number of hydrogen-bond donors (Lipinski definition) is 3. The normalized spacial score (nSPS) is 14.3. The molecule has 2 aromatic rings. The van der Waals surface area contributed by atoms with Crippen molar-refractivity contribution < 1.29 is 5.11 Å². The van der Waals surface area contributed by atoms with E-state index in [1.807, 2.05) is 30.6 Å². The van der Waals surface area contributed by atoms with Gasteiger partial charge in [-0.2, -0.15) is 0 Å².